The number of aromatic nitrogens is 1. The molecule has 1 fully saturated rings. The number of methoxy groups -OCH3 is 1. The number of hydrogen-bond donors (Lipinski definition) is 4. The molecule has 0 saturated carbocycles. The number of alkyl carbamates (subject to hydrolysis) is 1. The van der Waals surface area contributed by atoms with Crippen LogP contribution in [0, 0.1) is 5.41 Å². The minimum Gasteiger partial charge on any atom is -0.494 e. The Balaban J connectivity index is 1.57. The maximum Gasteiger partial charge on any atom is 0.422 e. The van der Waals surface area contributed by atoms with Crippen molar-refractivity contribution in [2.45, 2.75) is 84.2 Å². The van der Waals surface area contributed by atoms with Crippen molar-refractivity contribution in [3.63, 3.8) is 0 Å². The first kappa shape index (κ1) is 40.1. The smallest absolute Gasteiger partial charge is 0.422 e. The molecule has 282 valence electrons. The lowest BCUT2D eigenvalue weighted by molar-refractivity contribution is -0.127. The summed E-state index contributed by atoms with van der Waals surface area (Å²) in [6.45, 7) is 9.14. The number of aliphatic hydroxyl groups excluding tert-OH is 1. The Morgan fingerprint density at radius 3 is 2.35 bits per heavy atom. The highest BCUT2D eigenvalue weighted by Gasteiger charge is 2.36. The van der Waals surface area contributed by atoms with E-state index < -0.39 is 41.7 Å². The summed E-state index contributed by atoms with van der Waals surface area (Å²) in [6, 6.07) is 19.1. The predicted octanol–water partition coefficient (Wildman–Crippen LogP) is 5.02. The second-order valence-corrected chi connectivity index (χ2v) is 14.0. The van der Waals surface area contributed by atoms with E-state index in [0.29, 0.717) is 26.2 Å². The van der Waals surface area contributed by atoms with Crippen LogP contribution in [0.1, 0.15) is 58.1 Å². The standard InChI is InChI=1S/C39H53N5O8/c1-6-7-21-51-30-17-13-27(14-18-30)23-33(41-36(46)35(39(2,3)4)42-37(47)49-5)34(45)25-44(43-38(48)52-31-19-22-50-26-31)24-28-11-15-29(16-12-28)32-10-8-9-20-40-32/h8-18,20,31,33-35,45H,6-7,19,21-26H2,1-5H3,(H,41,46)(H,42,47)(H,43,48)/t31-,33?,34?,35?/m1/s1. The van der Waals surface area contributed by atoms with E-state index in [1.54, 1.807) is 11.2 Å². The van der Waals surface area contributed by atoms with Crippen LogP contribution >= 0.6 is 0 Å². The number of benzene rings is 2. The molecule has 0 radical (unpaired) electrons. The molecule has 1 aliphatic rings. The first-order valence-corrected chi connectivity index (χ1v) is 17.8. The van der Waals surface area contributed by atoms with Crippen molar-refractivity contribution in [2.24, 2.45) is 5.41 Å². The van der Waals surface area contributed by atoms with Crippen molar-refractivity contribution >= 4 is 18.1 Å². The summed E-state index contributed by atoms with van der Waals surface area (Å²) >= 11 is 0. The quantitative estimate of drug-likeness (QED) is 0.110. The number of unbranched alkanes of at least 4 members (excludes halogenated alkanes) is 1. The van der Waals surface area contributed by atoms with E-state index >= 15 is 0 Å². The Bertz CT molecular complexity index is 1540. The first-order valence-electron chi connectivity index (χ1n) is 17.8. The molecule has 3 aromatic rings. The van der Waals surface area contributed by atoms with E-state index in [4.69, 9.17) is 18.9 Å². The van der Waals surface area contributed by atoms with Gasteiger partial charge in [0, 0.05) is 31.3 Å². The number of pyridine rings is 1. The highest BCUT2D eigenvalue weighted by molar-refractivity contribution is 5.86. The summed E-state index contributed by atoms with van der Waals surface area (Å²) in [4.78, 5) is 43.5. The molecule has 1 saturated heterocycles. The third-order valence-corrected chi connectivity index (χ3v) is 8.62. The molecule has 1 aliphatic heterocycles. The van der Waals surface area contributed by atoms with Crippen LogP contribution in [0.2, 0.25) is 0 Å². The SMILES string of the molecule is CCCCOc1ccc(CC(NC(=O)C(NC(=O)OC)C(C)(C)C)C(O)CN(Cc2ccc(-c3ccccn3)cc2)NC(=O)O[C@@H]2CCOC2)cc1. The zero-order valence-corrected chi connectivity index (χ0v) is 30.8. The molecule has 52 heavy (non-hydrogen) atoms. The van der Waals surface area contributed by atoms with Gasteiger partial charge in [-0.05, 0) is 53.6 Å². The Labute approximate surface area is 306 Å². The third-order valence-electron chi connectivity index (χ3n) is 8.62. The van der Waals surface area contributed by atoms with E-state index in [0.717, 1.165) is 41.0 Å². The van der Waals surface area contributed by atoms with E-state index in [1.165, 1.54) is 7.11 Å². The third kappa shape index (κ3) is 12.8. The molecular weight excluding hydrogens is 666 g/mol. The average molecular weight is 720 g/mol. The Morgan fingerprint density at radius 1 is 1.00 bits per heavy atom. The lowest BCUT2D eigenvalue weighted by Crippen LogP contribution is -2.59. The van der Waals surface area contributed by atoms with Crippen LogP contribution in [0.15, 0.2) is 72.9 Å². The summed E-state index contributed by atoms with van der Waals surface area (Å²) in [5, 5.41) is 19.0. The van der Waals surface area contributed by atoms with E-state index in [1.807, 2.05) is 87.5 Å². The molecule has 3 unspecified atom stereocenters. The fraction of sp³-hybridized carbons (Fsp3) is 0.487. The number of carbonyl (C=O) groups is 3. The molecule has 2 aromatic carbocycles. The number of rotatable bonds is 17. The highest BCUT2D eigenvalue weighted by atomic mass is 16.6. The molecule has 13 heteroatoms. The van der Waals surface area contributed by atoms with E-state index in [9.17, 15) is 19.5 Å². The molecule has 0 bridgehead atoms. The van der Waals surface area contributed by atoms with Crippen LogP contribution in [0.3, 0.4) is 0 Å². The summed E-state index contributed by atoms with van der Waals surface area (Å²) in [6.07, 6.45) is 1.54. The van der Waals surface area contributed by atoms with Gasteiger partial charge in [-0.25, -0.2) is 14.6 Å². The maximum absolute atomic E-state index is 13.8. The lowest BCUT2D eigenvalue weighted by atomic mass is 9.85. The number of carbonyl (C=O) groups excluding carboxylic acids is 3. The summed E-state index contributed by atoms with van der Waals surface area (Å²) < 4.78 is 21.5. The zero-order valence-electron chi connectivity index (χ0n) is 30.8. The first-order chi connectivity index (χ1) is 24.9. The van der Waals surface area contributed by atoms with Gasteiger partial charge in [0.2, 0.25) is 5.91 Å². The van der Waals surface area contributed by atoms with Crippen LogP contribution in [0.5, 0.6) is 5.75 Å². The van der Waals surface area contributed by atoms with Gasteiger partial charge in [-0.3, -0.25) is 15.2 Å². The molecule has 13 nitrogen and oxygen atoms in total. The van der Waals surface area contributed by atoms with Crippen LogP contribution < -0.4 is 20.8 Å². The number of hydrogen-bond acceptors (Lipinski definition) is 10. The van der Waals surface area contributed by atoms with Gasteiger partial charge in [0.1, 0.15) is 17.9 Å². The Morgan fingerprint density at radius 2 is 1.73 bits per heavy atom. The van der Waals surface area contributed by atoms with Gasteiger partial charge in [0.25, 0.3) is 0 Å². The summed E-state index contributed by atoms with van der Waals surface area (Å²) in [5.74, 6) is 0.232. The fourth-order valence-corrected chi connectivity index (χ4v) is 5.66. The van der Waals surface area contributed by atoms with Crippen LogP contribution in [-0.4, -0.2) is 91.0 Å². The summed E-state index contributed by atoms with van der Waals surface area (Å²) in [7, 11) is 1.23. The maximum atomic E-state index is 13.8. The molecule has 4 N–H and O–H groups in total. The molecular formula is C39H53N5O8. The molecule has 3 amide bonds. The van der Waals surface area contributed by atoms with Gasteiger partial charge in [0.05, 0.1) is 44.8 Å². The van der Waals surface area contributed by atoms with Gasteiger partial charge in [-0.2, -0.15) is 0 Å². The fourth-order valence-electron chi connectivity index (χ4n) is 5.66. The second kappa shape index (κ2) is 19.8. The highest BCUT2D eigenvalue weighted by Crippen LogP contribution is 2.22. The van der Waals surface area contributed by atoms with Gasteiger partial charge in [0.15, 0.2) is 0 Å². The second-order valence-electron chi connectivity index (χ2n) is 14.0. The van der Waals surface area contributed by atoms with Crippen molar-refractivity contribution in [3.05, 3.63) is 84.1 Å². The zero-order chi connectivity index (χ0) is 37.5. The lowest BCUT2D eigenvalue weighted by Gasteiger charge is -2.34. The van der Waals surface area contributed by atoms with Crippen LogP contribution in [0.25, 0.3) is 11.3 Å². The van der Waals surface area contributed by atoms with Crippen LogP contribution in [0.4, 0.5) is 9.59 Å². The molecule has 0 spiro atoms. The Kier molecular flexibility index (Phi) is 15.2. The molecule has 4 atom stereocenters. The molecule has 1 aromatic heterocycles. The minimum atomic E-state index is -1.19. The number of nitrogens with zero attached hydrogens (tertiary/aromatic N) is 2. The van der Waals surface area contributed by atoms with Crippen molar-refractivity contribution in [3.8, 4) is 17.0 Å². The monoisotopic (exact) mass is 719 g/mol. The predicted molar refractivity (Wildman–Crippen MR) is 196 cm³/mol. The van der Waals surface area contributed by atoms with Crippen molar-refractivity contribution in [2.75, 3.05) is 33.5 Å². The molecule has 4 rings (SSSR count). The van der Waals surface area contributed by atoms with E-state index in [-0.39, 0.29) is 25.6 Å². The van der Waals surface area contributed by atoms with Gasteiger partial charge >= 0.3 is 12.2 Å². The molecule has 0 aliphatic carbocycles. The number of aliphatic hydroxyl groups is 1. The number of ether oxygens (including phenoxy) is 4. The minimum absolute atomic E-state index is 0.0773. The van der Waals surface area contributed by atoms with Gasteiger partial charge in [-0.1, -0.05) is 76.6 Å². The number of nitrogens with one attached hydrogen (secondary N) is 3. The average Bonchev–Trinajstić information content (AvgIpc) is 3.64. The largest absolute Gasteiger partial charge is 0.494 e. The van der Waals surface area contributed by atoms with Crippen molar-refractivity contribution < 1.29 is 38.4 Å². The summed E-state index contributed by atoms with van der Waals surface area (Å²) in [5.41, 5.74) is 5.56. The Hall–Kier alpha value is -4.72. The molecule has 2 heterocycles. The topological polar surface area (TPSA) is 161 Å². The van der Waals surface area contributed by atoms with Crippen molar-refractivity contribution in [1.29, 1.82) is 0 Å². The normalized spacial score (nSPS) is 16.0. The number of hydrazine groups is 1. The van der Waals surface area contributed by atoms with Crippen molar-refractivity contribution in [1.82, 2.24) is 26.1 Å². The van der Waals surface area contributed by atoms with E-state index in [2.05, 4.69) is 28.0 Å². The van der Waals surface area contributed by atoms with Gasteiger partial charge in [-0.15, -0.1) is 0 Å². The number of amides is 3. The van der Waals surface area contributed by atoms with Gasteiger partial charge < -0.3 is 34.7 Å². The van der Waals surface area contributed by atoms with Crippen LogP contribution in [-0.2, 0) is 32.0 Å².